The van der Waals surface area contributed by atoms with E-state index in [0.717, 1.165) is 31.7 Å². The van der Waals surface area contributed by atoms with Crippen LogP contribution in [0.4, 0.5) is 16.6 Å². The van der Waals surface area contributed by atoms with Crippen LogP contribution in [0.2, 0.25) is 0 Å². The van der Waals surface area contributed by atoms with E-state index < -0.39 is 0 Å². The van der Waals surface area contributed by atoms with Crippen molar-refractivity contribution in [1.29, 1.82) is 0 Å². The molecule has 3 aromatic rings. The largest absolute Gasteiger partial charge is 0.508 e. The van der Waals surface area contributed by atoms with Crippen LogP contribution in [-0.2, 0) is 11.3 Å². The number of aromatic nitrogens is 3. The summed E-state index contributed by atoms with van der Waals surface area (Å²) < 4.78 is 1.60. The Morgan fingerprint density at radius 3 is 2.76 bits per heavy atom. The number of likely N-dealkylation sites (tertiary alicyclic amines) is 1. The fraction of sp³-hybridized carbons (Fsp3) is 0.364. The van der Waals surface area contributed by atoms with Gasteiger partial charge in [0, 0.05) is 49.4 Å². The van der Waals surface area contributed by atoms with Crippen molar-refractivity contribution in [2.24, 2.45) is 5.41 Å². The zero-order valence-corrected chi connectivity index (χ0v) is 19.2. The summed E-state index contributed by atoms with van der Waals surface area (Å²) in [6.45, 7) is 7.44. The van der Waals surface area contributed by atoms with Gasteiger partial charge in [-0.25, -0.2) is 4.98 Å². The number of nitrogens with one attached hydrogen (secondary N) is 3. The summed E-state index contributed by atoms with van der Waals surface area (Å²) in [6.07, 6.45) is 3.24. The summed E-state index contributed by atoms with van der Waals surface area (Å²) in [5.74, 6) is 0.438. The molecule has 4 heterocycles. The molecule has 0 aliphatic carbocycles. The molecule has 4 N–H and O–H groups in total. The van der Waals surface area contributed by atoms with E-state index in [1.165, 1.54) is 17.5 Å². The van der Waals surface area contributed by atoms with Crippen molar-refractivity contribution in [2.75, 3.05) is 36.8 Å². The van der Waals surface area contributed by atoms with Gasteiger partial charge in [0.15, 0.2) is 10.9 Å². The summed E-state index contributed by atoms with van der Waals surface area (Å²) in [5, 5.41) is 24.0. The number of carbonyl (C=O) groups excluding carboxylic acids is 2. The molecule has 172 valence electrons. The number of carbonyl (C=O) groups is 2. The average Bonchev–Trinajstić information content (AvgIpc) is 3.36. The zero-order chi connectivity index (χ0) is 23.2. The Morgan fingerprint density at radius 2 is 2.03 bits per heavy atom. The molecule has 2 saturated heterocycles. The highest BCUT2D eigenvalue weighted by Gasteiger charge is 2.49. The van der Waals surface area contributed by atoms with Crippen LogP contribution < -0.4 is 16.0 Å². The molecule has 0 radical (unpaired) electrons. The van der Waals surface area contributed by atoms with Crippen LogP contribution in [0.15, 0.2) is 30.6 Å². The summed E-state index contributed by atoms with van der Waals surface area (Å²) >= 11 is 1.19. The Balaban J connectivity index is 1.17. The van der Waals surface area contributed by atoms with Gasteiger partial charge in [-0.2, -0.15) is 5.10 Å². The quantitative estimate of drug-likeness (QED) is 0.438. The van der Waals surface area contributed by atoms with E-state index in [-0.39, 0.29) is 24.1 Å². The van der Waals surface area contributed by atoms with Crippen LogP contribution in [0.5, 0.6) is 5.75 Å². The summed E-state index contributed by atoms with van der Waals surface area (Å²) in [5.41, 5.74) is 2.37. The third kappa shape index (κ3) is 4.16. The SMILES string of the molecule is Cc1ccc(O)c(C)c1NC(=O)c1cnc(Nc2ccn(CC(=O)N3CC4(CNC4)C3)n2)s1. The lowest BCUT2D eigenvalue weighted by atomic mass is 9.74. The van der Waals surface area contributed by atoms with E-state index in [9.17, 15) is 14.7 Å². The average molecular weight is 468 g/mol. The molecular formula is C22H25N7O3S. The highest BCUT2D eigenvalue weighted by molar-refractivity contribution is 7.17. The lowest BCUT2D eigenvalue weighted by Crippen LogP contribution is -2.72. The van der Waals surface area contributed by atoms with E-state index in [1.807, 2.05) is 11.8 Å². The number of benzene rings is 1. The number of amides is 2. The highest BCUT2D eigenvalue weighted by Crippen LogP contribution is 2.34. The first-order valence-electron chi connectivity index (χ1n) is 10.7. The number of aryl methyl sites for hydroxylation is 1. The number of hydrogen-bond donors (Lipinski definition) is 4. The number of rotatable bonds is 6. The highest BCUT2D eigenvalue weighted by atomic mass is 32.1. The van der Waals surface area contributed by atoms with Crippen LogP contribution in [0.3, 0.4) is 0 Å². The fourth-order valence-corrected chi connectivity index (χ4v) is 4.87. The number of thiazole rings is 1. The van der Waals surface area contributed by atoms with Crippen molar-refractivity contribution in [3.05, 3.63) is 46.6 Å². The minimum atomic E-state index is -0.303. The Hall–Kier alpha value is -3.44. The lowest BCUT2D eigenvalue weighted by Gasteiger charge is -2.56. The standard InChI is InChI=1S/C22H25N7O3S/c1-13-3-4-15(30)14(2)19(13)26-20(32)16-7-24-21(33-16)25-17-5-6-29(27-17)8-18(31)28-11-22(12-28)9-23-10-22/h3-7,23,30H,8-12H2,1-2H3,(H,26,32)(H,24,25,27). The molecule has 2 fully saturated rings. The number of phenolic OH excluding ortho intramolecular Hbond substituents is 1. The van der Waals surface area contributed by atoms with Crippen LogP contribution in [0, 0.1) is 19.3 Å². The number of anilines is 3. The van der Waals surface area contributed by atoms with E-state index in [1.54, 1.807) is 36.0 Å². The van der Waals surface area contributed by atoms with Crippen molar-refractivity contribution in [3.63, 3.8) is 0 Å². The Kier molecular flexibility index (Phi) is 5.29. The van der Waals surface area contributed by atoms with Gasteiger partial charge < -0.3 is 26.0 Å². The second-order valence-corrected chi connectivity index (χ2v) is 9.79. The molecule has 1 aromatic carbocycles. The number of hydrogen-bond acceptors (Lipinski definition) is 8. The van der Waals surface area contributed by atoms with Gasteiger partial charge in [0.25, 0.3) is 5.91 Å². The molecule has 10 nitrogen and oxygen atoms in total. The third-order valence-corrected chi connectivity index (χ3v) is 7.10. The van der Waals surface area contributed by atoms with Gasteiger partial charge >= 0.3 is 0 Å². The molecule has 2 aromatic heterocycles. The number of aromatic hydroxyl groups is 1. The van der Waals surface area contributed by atoms with Crippen molar-refractivity contribution >= 4 is 39.8 Å². The molecule has 1 spiro atoms. The first-order chi connectivity index (χ1) is 15.8. The van der Waals surface area contributed by atoms with E-state index in [2.05, 4.69) is 26.0 Å². The van der Waals surface area contributed by atoms with Gasteiger partial charge in [0.2, 0.25) is 5.91 Å². The van der Waals surface area contributed by atoms with E-state index >= 15 is 0 Å². The van der Waals surface area contributed by atoms with Crippen molar-refractivity contribution < 1.29 is 14.7 Å². The Bertz CT molecular complexity index is 1220. The molecule has 2 aliphatic rings. The van der Waals surface area contributed by atoms with E-state index in [4.69, 9.17) is 0 Å². The van der Waals surface area contributed by atoms with Gasteiger partial charge in [-0.1, -0.05) is 17.4 Å². The summed E-state index contributed by atoms with van der Waals surface area (Å²) in [4.78, 5) is 31.7. The van der Waals surface area contributed by atoms with Crippen molar-refractivity contribution in [1.82, 2.24) is 25.0 Å². The van der Waals surface area contributed by atoms with Gasteiger partial charge in [-0.3, -0.25) is 14.3 Å². The minimum Gasteiger partial charge on any atom is -0.508 e. The van der Waals surface area contributed by atoms with Crippen LogP contribution in [-0.4, -0.2) is 62.8 Å². The predicted molar refractivity (Wildman–Crippen MR) is 125 cm³/mol. The molecule has 2 aliphatic heterocycles. The molecule has 11 heteroatoms. The molecule has 2 amide bonds. The van der Waals surface area contributed by atoms with Crippen LogP contribution in [0.25, 0.3) is 0 Å². The Morgan fingerprint density at radius 1 is 1.24 bits per heavy atom. The first-order valence-corrected chi connectivity index (χ1v) is 11.5. The lowest BCUT2D eigenvalue weighted by molar-refractivity contribution is -0.147. The molecule has 5 rings (SSSR count). The normalized spacial score (nSPS) is 16.2. The second-order valence-electron chi connectivity index (χ2n) is 8.76. The van der Waals surface area contributed by atoms with Gasteiger partial charge in [0.05, 0.1) is 11.9 Å². The number of phenols is 1. The summed E-state index contributed by atoms with van der Waals surface area (Å²) in [6, 6.07) is 5.12. The molecule has 0 saturated carbocycles. The molecule has 0 bridgehead atoms. The maximum atomic E-state index is 12.7. The first kappa shape index (κ1) is 21.4. The molecule has 0 atom stereocenters. The smallest absolute Gasteiger partial charge is 0.267 e. The Labute approximate surface area is 194 Å². The van der Waals surface area contributed by atoms with Gasteiger partial charge in [-0.05, 0) is 25.5 Å². The summed E-state index contributed by atoms with van der Waals surface area (Å²) in [7, 11) is 0. The van der Waals surface area contributed by atoms with Gasteiger partial charge in [0.1, 0.15) is 17.2 Å². The monoisotopic (exact) mass is 467 g/mol. The fourth-order valence-electron chi connectivity index (χ4n) is 4.15. The topological polar surface area (TPSA) is 124 Å². The molecule has 33 heavy (non-hydrogen) atoms. The molecular weight excluding hydrogens is 442 g/mol. The van der Waals surface area contributed by atoms with Crippen molar-refractivity contribution in [2.45, 2.75) is 20.4 Å². The van der Waals surface area contributed by atoms with Crippen LogP contribution >= 0.6 is 11.3 Å². The van der Waals surface area contributed by atoms with Gasteiger partial charge in [-0.15, -0.1) is 0 Å². The molecule has 0 unspecified atom stereocenters. The third-order valence-electron chi connectivity index (χ3n) is 6.19. The van der Waals surface area contributed by atoms with Crippen molar-refractivity contribution in [3.8, 4) is 5.75 Å². The number of nitrogens with zero attached hydrogens (tertiary/aromatic N) is 4. The maximum absolute atomic E-state index is 12.7. The zero-order valence-electron chi connectivity index (χ0n) is 18.4. The minimum absolute atomic E-state index is 0.0629. The maximum Gasteiger partial charge on any atom is 0.267 e. The van der Waals surface area contributed by atoms with Crippen LogP contribution in [0.1, 0.15) is 20.8 Å². The van der Waals surface area contributed by atoms with E-state index in [0.29, 0.717) is 32.5 Å². The second kappa shape index (κ2) is 8.16. The predicted octanol–water partition coefficient (Wildman–Crippen LogP) is 2.09.